The number of benzene rings is 1. The van der Waals surface area contributed by atoms with Crippen molar-refractivity contribution in [1.82, 2.24) is 4.98 Å². The molecule has 2 aromatic rings. The molecule has 0 bridgehead atoms. The Morgan fingerprint density at radius 2 is 2.15 bits per heavy atom. The Kier molecular flexibility index (Phi) is 4.62. The number of hydrogen-bond donors (Lipinski definition) is 1. The number of nitro groups is 1. The van der Waals surface area contributed by atoms with Crippen molar-refractivity contribution in [2.75, 3.05) is 6.61 Å². The van der Waals surface area contributed by atoms with Gasteiger partial charge in [0.15, 0.2) is 5.75 Å². The van der Waals surface area contributed by atoms with E-state index in [0.29, 0.717) is 12.0 Å². The maximum atomic E-state index is 10.9. The molecule has 0 saturated heterocycles. The number of rotatable bonds is 6. The van der Waals surface area contributed by atoms with E-state index in [1.165, 1.54) is 18.2 Å². The van der Waals surface area contributed by atoms with Crippen molar-refractivity contribution in [3.63, 3.8) is 0 Å². The van der Waals surface area contributed by atoms with Gasteiger partial charge in [-0.2, -0.15) is 0 Å². The Hall–Kier alpha value is -2.47. The van der Waals surface area contributed by atoms with Crippen LogP contribution < -0.4 is 4.74 Å². The zero-order valence-electron chi connectivity index (χ0n) is 10.7. The summed E-state index contributed by atoms with van der Waals surface area (Å²) in [6, 6.07) is 9.88. The number of hydrogen-bond acceptors (Lipinski definition) is 5. The van der Waals surface area contributed by atoms with Crippen LogP contribution in [0, 0.1) is 10.1 Å². The highest BCUT2D eigenvalue weighted by molar-refractivity contribution is 5.48. The molecule has 0 aliphatic rings. The van der Waals surface area contributed by atoms with Crippen LogP contribution in [-0.2, 0) is 13.0 Å². The van der Waals surface area contributed by atoms with Crippen LogP contribution in [0.5, 0.6) is 5.75 Å². The first-order chi connectivity index (χ1) is 9.70. The van der Waals surface area contributed by atoms with E-state index >= 15 is 0 Å². The maximum absolute atomic E-state index is 10.9. The number of aliphatic hydroxyl groups excluding tert-OH is 1. The van der Waals surface area contributed by atoms with E-state index in [9.17, 15) is 10.1 Å². The van der Waals surface area contributed by atoms with Gasteiger partial charge in [-0.05, 0) is 29.8 Å². The minimum Gasteiger partial charge on any atom is -0.486 e. The Bertz CT molecular complexity index is 587. The number of aromatic nitrogens is 1. The first-order valence-corrected chi connectivity index (χ1v) is 6.11. The first-order valence-electron chi connectivity index (χ1n) is 6.11. The van der Waals surface area contributed by atoms with Crippen molar-refractivity contribution in [2.24, 2.45) is 0 Å². The minimum atomic E-state index is -0.503. The zero-order valence-corrected chi connectivity index (χ0v) is 10.7. The van der Waals surface area contributed by atoms with Gasteiger partial charge in [-0.3, -0.25) is 15.1 Å². The van der Waals surface area contributed by atoms with Crippen molar-refractivity contribution in [1.29, 1.82) is 0 Å². The average molecular weight is 274 g/mol. The standard InChI is InChI=1S/C14H14N2O4/c17-10-11-4-5-13(16(18)19)14(9-11)20-8-6-12-3-1-2-7-15-12/h1-5,7,9,17H,6,8,10H2. The maximum Gasteiger partial charge on any atom is 0.310 e. The lowest BCUT2D eigenvalue weighted by atomic mass is 10.2. The van der Waals surface area contributed by atoms with Crippen molar-refractivity contribution in [3.8, 4) is 5.75 Å². The number of aliphatic hydroxyl groups is 1. The lowest BCUT2D eigenvalue weighted by Crippen LogP contribution is -2.05. The van der Waals surface area contributed by atoms with Crippen LogP contribution in [0.3, 0.4) is 0 Å². The van der Waals surface area contributed by atoms with Gasteiger partial charge in [0.2, 0.25) is 0 Å². The highest BCUT2D eigenvalue weighted by Gasteiger charge is 2.15. The van der Waals surface area contributed by atoms with Gasteiger partial charge in [-0.1, -0.05) is 6.07 Å². The minimum absolute atomic E-state index is 0.108. The lowest BCUT2D eigenvalue weighted by molar-refractivity contribution is -0.385. The van der Waals surface area contributed by atoms with Crippen molar-refractivity contribution < 1.29 is 14.8 Å². The lowest BCUT2D eigenvalue weighted by Gasteiger charge is -2.07. The van der Waals surface area contributed by atoms with Crippen LogP contribution >= 0.6 is 0 Å². The summed E-state index contributed by atoms with van der Waals surface area (Å²) < 4.78 is 5.45. The van der Waals surface area contributed by atoms with Crippen molar-refractivity contribution in [3.05, 3.63) is 64.0 Å². The number of pyridine rings is 1. The van der Waals surface area contributed by atoms with Gasteiger partial charge in [0.05, 0.1) is 18.1 Å². The second kappa shape index (κ2) is 6.63. The predicted molar refractivity (Wildman–Crippen MR) is 72.5 cm³/mol. The summed E-state index contributed by atoms with van der Waals surface area (Å²) in [6.45, 7) is 0.0985. The molecule has 0 spiro atoms. The van der Waals surface area contributed by atoms with Gasteiger partial charge in [-0.25, -0.2) is 0 Å². The molecule has 1 heterocycles. The second-order valence-electron chi connectivity index (χ2n) is 4.14. The molecule has 0 amide bonds. The Morgan fingerprint density at radius 1 is 1.30 bits per heavy atom. The molecule has 104 valence electrons. The van der Waals surface area contributed by atoms with Gasteiger partial charge in [-0.15, -0.1) is 0 Å². The molecule has 0 aliphatic heterocycles. The molecule has 1 N–H and O–H groups in total. The molecular formula is C14H14N2O4. The summed E-state index contributed by atoms with van der Waals surface area (Å²) in [7, 11) is 0. The van der Waals surface area contributed by atoms with Crippen LogP contribution in [0.1, 0.15) is 11.3 Å². The monoisotopic (exact) mass is 274 g/mol. The molecule has 0 saturated carbocycles. The van der Waals surface area contributed by atoms with E-state index in [4.69, 9.17) is 9.84 Å². The van der Waals surface area contributed by atoms with Gasteiger partial charge in [0.25, 0.3) is 0 Å². The molecule has 20 heavy (non-hydrogen) atoms. The van der Waals surface area contributed by atoms with Crippen LogP contribution in [0.2, 0.25) is 0 Å². The molecular weight excluding hydrogens is 260 g/mol. The Labute approximate surface area is 115 Å². The third-order valence-corrected chi connectivity index (χ3v) is 2.75. The summed E-state index contributed by atoms with van der Waals surface area (Å²) in [6.07, 6.45) is 2.24. The topological polar surface area (TPSA) is 85.5 Å². The molecule has 0 unspecified atom stereocenters. The third-order valence-electron chi connectivity index (χ3n) is 2.75. The van der Waals surface area contributed by atoms with E-state index in [1.54, 1.807) is 6.20 Å². The highest BCUT2D eigenvalue weighted by atomic mass is 16.6. The van der Waals surface area contributed by atoms with Crippen molar-refractivity contribution in [2.45, 2.75) is 13.0 Å². The van der Waals surface area contributed by atoms with Crippen LogP contribution in [0.15, 0.2) is 42.6 Å². The molecule has 2 rings (SSSR count). The average Bonchev–Trinajstić information content (AvgIpc) is 2.48. The molecule has 0 fully saturated rings. The van der Waals surface area contributed by atoms with E-state index < -0.39 is 4.92 Å². The molecule has 0 radical (unpaired) electrons. The molecule has 1 aromatic heterocycles. The molecule has 6 nitrogen and oxygen atoms in total. The Morgan fingerprint density at radius 3 is 2.80 bits per heavy atom. The van der Waals surface area contributed by atoms with Crippen LogP contribution in [-0.4, -0.2) is 21.6 Å². The summed E-state index contributed by atoms with van der Waals surface area (Å²) in [5, 5.41) is 20.0. The van der Waals surface area contributed by atoms with Crippen molar-refractivity contribution >= 4 is 5.69 Å². The summed E-state index contributed by atoms with van der Waals surface area (Å²) >= 11 is 0. The van der Waals surface area contributed by atoms with Gasteiger partial charge in [0.1, 0.15) is 0 Å². The van der Waals surface area contributed by atoms with Gasteiger partial charge < -0.3 is 9.84 Å². The van der Waals surface area contributed by atoms with E-state index in [1.807, 2.05) is 18.2 Å². The predicted octanol–water partition coefficient (Wildman–Crippen LogP) is 2.10. The number of nitrogens with zero attached hydrogens (tertiary/aromatic N) is 2. The quantitative estimate of drug-likeness (QED) is 0.644. The molecule has 1 aromatic carbocycles. The first kappa shape index (κ1) is 14.0. The second-order valence-corrected chi connectivity index (χ2v) is 4.14. The normalized spacial score (nSPS) is 10.2. The molecule has 6 heteroatoms. The summed E-state index contributed by atoms with van der Waals surface area (Å²) in [4.78, 5) is 14.5. The van der Waals surface area contributed by atoms with E-state index in [2.05, 4.69) is 4.98 Å². The summed E-state index contributed by atoms with van der Waals surface area (Å²) in [5.74, 6) is 0.164. The molecule has 0 atom stereocenters. The number of nitro benzene ring substituents is 1. The molecule has 0 aliphatic carbocycles. The van der Waals surface area contributed by atoms with Gasteiger partial charge in [0, 0.05) is 24.4 Å². The number of ether oxygens (including phenoxy) is 1. The fraction of sp³-hybridized carbons (Fsp3) is 0.214. The van der Waals surface area contributed by atoms with Gasteiger partial charge >= 0.3 is 5.69 Å². The highest BCUT2D eigenvalue weighted by Crippen LogP contribution is 2.28. The Balaban J connectivity index is 2.06. The summed E-state index contributed by atoms with van der Waals surface area (Å²) in [5.41, 5.74) is 1.32. The smallest absolute Gasteiger partial charge is 0.310 e. The van der Waals surface area contributed by atoms with E-state index in [-0.39, 0.29) is 24.7 Å². The van der Waals surface area contributed by atoms with Crippen LogP contribution in [0.25, 0.3) is 0 Å². The third kappa shape index (κ3) is 3.52. The fourth-order valence-corrected chi connectivity index (χ4v) is 1.73. The zero-order chi connectivity index (χ0) is 14.4. The van der Waals surface area contributed by atoms with Crippen LogP contribution in [0.4, 0.5) is 5.69 Å². The SMILES string of the molecule is O=[N+]([O-])c1ccc(CO)cc1OCCc1ccccn1. The fourth-order valence-electron chi connectivity index (χ4n) is 1.73. The largest absolute Gasteiger partial charge is 0.486 e. The van der Waals surface area contributed by atoms with E-state index in [0.717, 1.165) is 5.69 Å².